The number of nitrogens with zero attached hydrogens (tertiary/aromatic N) is 3. The number of rotatable bonds is 4. The minimum atomic E-state index is -0.646. The van der Waals surface area contributed by atoms with E-state index in [1.807, 2.05) is 0 Å². The molecule has 8 nitrogen and oxygen atoms in total. The van der Waals surface area contributed by atoms with Crippen LogP contribution in [0.3, 0.4) is 0 Å². The van der Waals surface area contributed by atoms with Crippen LogP contribution in [0.2, 0.25) is 5.02 Å². The smallest absolute Gasteiger partial charge is 0.288 e. The van der Waals surface area contributed by atoms with Crippen LogP contribution in [-0.2, 0) is 0 Å². The lowest BCUT2D eigenvalue weighted by Crippen LogP contribution is -2.15. The summed E-state index contributed by atoms with van der Waals surface area (Å²) in [5.74, 6) is 0.0149. The second kappa shape index (κ2) is 6.06. The third kappa shape index (κ3) is 3.37. The summed E-state index contributed by atoms with van der Waals surface area (Å²) in [4.78, 5) is 13.9. The molecule has 0 aliphatic rings. The number of aromatic nitrogens is 1. The second-order valence-electron chi connectivity index (χ2n) is 3.84. The van der Waals surface area contributed by atoms with Crippen molar-refractivity contribution < 1.29 is 14.9 Å². The Morgan fingerprint density at radius 3 is 2.67 bits per heavy atom. The zero-order chi connectivity index (χ0) is 15.4. The molecule has 0 spiro atoms. The molecular formula is C12H9ClN4O4. The maximum Gasteiger partial charge on any atom is 0.288 e. The van der Waals surface area contributed by atoms with E-state index in [4.69, 9.17) is 27.3 Å². The molecule has 0 saturated heterocycles. The lowest BCUT2D eigenvalue weighted by Gasteiger charge is -2.08. The average Bonchev–Trinajstić information content (AvgIpc) is 2.49. The van der Waals surface area contributed by atoms with Crippen LogP contribution < -0.4 is 10.5 Å². The van der Waals surface area contributed by atoms with Crippen LogP contribution >= 0.6 is 11.6 Å². The molecule has 0 fully saturated rings. The van der Waals surface area contributed by atoms with Crippen molar-refractivity contribution in [3.05, 3.63) is 57.2 Å². The number of ether oxygens (including phenoxy) is 1. The number of nitrogens with two attached hydrogens (primary N) is 1. The lowest BCUT2D eigenvalue weighted by atomic mass is 10.2. The number of hydrogen-bond donors (Lipinski definition) is 2. The number of benzene rings is 1. The van der Waals surface area contributed by atoms with Gasteiger partial charge in [-0.15, -0.1) is 0 Å². The summed E-state index contributed by atoms with van der Waals surface area (Å²) in [7, 11) is 0. The molecule has 0 saturated carbocycles. The quantitative estimate of drug-likeness (QED) is 0.294. The Labute approximate surface area is 123 Å². The molecule has 0 amide bonds. The van der Waals surface area contributed by atoms with Crippen molar-refractivity contribution in [1.29, 1.82) is 0 Å². The lowest BCUT2D eigenvalue weighted by molar-refractivity contribution is -0.385. The molecule has 3 N–H and O–H groups in total. The van der Waals surface area contributed by atoms with Crippen molar-refractivity contribution in [2.24, 2.45) is 10.9 Å². The van der Waals surface area contributed by atoms with Crippen molar-refractivity contribution in [2.45, 2.75) is 0 Å². The van der Waals surface area contributed by atoms with Gasteiger partial charge in [-0.2, -0.15) is 0 Å². The highest BCUT2D eigenvalue weighted by atomic mass is 35.5. The van der Waals surface area contributed by atoms with E-state index < -0.39 is 4.92 Å². The average molecular weight is 309 g/mol. The maximum atomic E-state index is 10.7. The molecule has 108 valence electrons. The molecule has 0 atom stereocenters. The molecular weight excluding hydrogens is 300 g/mol. The predicted octanol–water partition coefficient (Wildman–Crippen LogP) is 2.53. The molecule has 1 heterocycles. The van der Waals surface area contributed by atoms with Gasteiger partial charge in [0, 0.05) is 11.1 Å². The fourth-order valence-corrected chi connectivity index (χ4v) is 1.60. The van der Waals surface area contributed by atoms with E-state index in [9.17, 15) is 10.1 Å². The summed E-state index contributed by atoms with van der Waals surface area (Å²) >= 11 is 5.76. The maximum absolute atomic E-state index is 10.7. The van der Waals surface area contributed by atoms with Crippen LogP contribution in [-0.4, -0.2) is 21.0 Å². The Hall–Kier alpha value is -2.87. The Balaban J connectivity index is 2.42. The monoisotopic (exact) mass is 308 g/mol. The summed E-state index contributed by atoms with van der Waals surface area (Å²) in [6.07, 6.45) is 1.01. The molecule has 0 aliphatic carbocycles. The normalized spacial score (nSPS) is 11.2. The van der Waals surface area contributed by atoms with Gasteiger partial charge in [0.15, 0.2) is 5.84 Å². The van der Waals surface area contributed by atoms with E-state index in [1.54, 1.807) is 24.3 Å². The van der Waals surface area contributed by atoms with Crippen LogP contribution in [0.4, 0.5) is 5.69 Å². The predicted molar refractivity (Wildman–Crippen MR) is 74.9 cm³/mol. The molecule has 0 bridgehead atoms. The van der Waals surface area contributed by atoms with Crippen LogP contribution in [0.5, 0.6) is 11.6 Å². The van der Waals surface area contributed by atoms with Gasteiger partial charge in [0.2, 0.25) is 5.88 Å². The first-order valence-corrected chi connectivity index (χ1v) is 5.95. The molecule has 0 unspecified atom stereocenters. The zero-order valence-electron chi connectivity index (χ0n) is 10.4. The van der Waals surface area contributed by atoms with Gasteiger partial charge in [0.05, 0.1) is 10.5 Å². The highest BCUT2D eigenvalue weighted by Gasteiger charge is 2.17. The molecule has 0 radical (unpaired) electrons. The molecule has 1 aromatic carbocycles. The summed E-state index contributed by atoms with van der Waals surface area (Å²) in [5.41, 5.74) is 5.17. The Kier molecular flexibility index (Phi) is 4.19. The topological polar surface area (TPSA) is 124 Å². The molecule has 0 aliphatic heterocycles. The number of nitro groups is 1. The SMILES string of the molecule is NC(=NO)c1cc([N+](=O)[O-])cnc1Oc1ccc(Cl)cc1. The van der Waals surface area contributed by atoms with Crippen molar-refractivity contribution in [3.8, 4) is 11.6 Å². The summed E-state index contributed by atoms with van der Waals surface area (Å²) < 4.78 is 5.46. The highest BCUT2D eigenvalue weighted by molar-refractivity contribution is 6.30. The molecule has 1 aromatic heterocycles. The van der Waals surface area contributed by atoms with Gasteiger partial charge in [0.1, 0.15) is 11.9 Å². The first-order chi connectivity index (χ1) is 10.0. The minimum absolute atomic E-state index is 0.00153. The number of hydrogen-bond acceptors (Lipinski definition) is 6. The Morgan fingerprint density at radius 2 is 2.10 bits per heavy atom. The van der Waals surface area contributed by atoms with Crippen molar-refractivity contribution >= 4 is 23.1 Å². The van der Waals surface area contributed by atoms with E-state index in [2.05, 4.69) is 10.1 Å². The van der Waals surface area contributed by atoms with Gasteiger partial charge in [-0.05, 0) is 24.3 Å². The summed E-state index contributed by atoms with van der Waals surface area (Å²) in [5, 5.41) is 22.8. The first kappa shape index (κ1) is 14.5. The van der Waals surface area contributed by atoms with Crippen molar-refractivity contribution in [3.63, 3.8) is 0 Å². The van der Waals surface area contributed by atoms with Crippen LogP contribution in [0.25, 0.3) is 0 Å². The molecule has 2 aromatic rings. The second-order valence-corrected chi connectivity index (χ2v) is 4.28. The van der Waals surface area contributed by atoms with Crippen molar-refractivity contribution in [1.82, 2.24) is 4.98 Å². The van der Waals surface area contributed by atoms with E-state index in [0.717, 1.165) is 12.3 Å². The molecule has 9 heteroatoms. The van der Waals surface area contributed by atoms with E-state index in [1.165, 1.54) is 0 Å². The van der Waals surface area contributed by atoms with Gasteiger partial charge in [-0.3, -0.25) is 10.1 Å². The van der Waals surface area contributed by atoms with Crippen LogP contribution in [0.15, 0.2) is 41.7 Å². The summed E-state index contributed by atoms with van der Waals surface area (Å²) in [6, 6.07) is 7.48. The van der Waals surface area contributed by atoms with E-state index >= 15 is 0 Å². The Morgan fingerprint density at radius 1 is 1.43 bits per heavy atom. The van der Waals surface area contributed by atoms with Gasteiger partial charge in [0.25, 0.3) is 5.69 Å². The fourth-order valence-electron chi connectivity index (χ4n) is 1.47. The zero-order valence-corrected chi connectivity index (χ0v) is 11.2. The van der Waals surface area contributed by atoms with Gasteiger partial charge in [-0.25, -0.2) is 4.98 Å². The summed E-state index contributed by atoms with van der Waals surface area (Å²) in [6.45, 7) is 0. The largest absolute Gasteiger partial charge is 0.438 e. The van der Waals surface area contributed by atoms with Gasteiger partial charge >= 0.3 is 0 Å². The fraction of sp³-hybridized carbons (Fsp3) is 0. The number of pyridine rings is 1. The Bertz CT molecular complexity index is 703. The third-order valence-corrected chi connectivity index (χ3v) is 2.71. The highest BCUT2D eigenvalue weighted by Crippen LogP contribution is 2.26. The van der Waals surface area contributed by atoms with Crippen LogP contribution in [0, 0.1) is 10.1 Å². The molecule has 21 heavy (non-hydrogen) atoms. The van der Waals surface area contributed by atoms with Crippen molar-refractivity contribution in [2.75, 3.05) is 0 Å². The first-order valence-electron chi connectivity index (χ1n) is 5.57. The number of oxime groups is 1. The van der Waals surface area contributed by atoms with E-state index in [-0.39, 0.29) is 23.0 Å². The standard InChI is InChI=1S/C12H9ClN4O4/c13-7-1-3-9(4-2-7)21-12-10(11(14)16-18)5-8(6-15-12)17(19)20/h1-6,18H,(H2,14,16). The molecule has 2 rings (SSSR count). The number of amidine groups is 1. The number of halogens is 1. The third-order valence-electron chi connectivity index (χ3n) is 2.46. The van der Waals surface area contributed by atoms with Gasteiger partial charge in [-0.1, -0.05) is 16.8 Å². The van der Waals surface area contributed by atoms with Crippen LogP contribution in [0.1, 0.15) is 5.56 Å². The van der Waals surface area contributed by atoms with Gasteiger partial charge < -0.3 is 15.7 Å². The van der Waals surface area contributed by atoms with E-state index in [0.29, 0.717) is 10.8 Å². The minimum Gasteiger partial charge on any atom is -0.438 e.